The summed E-state index contributed by atoms with van der Waals surface area (Å²) in [6.45, 7) is 7.56. The molecule has 0 aromatic carbocycles. The minimum absolute atomic E-state index is 0.150. The lowest BCUT2D eigenvalue weighted by molar-refractivity contribution is 0.0647. The molecular formula is C16H23BrN4O. The van der Waals surface area contributed by atoms with Crippen LogP contribution in [0.25, 0.3) is 0 Å². The van der Waals surface area contributed by atoms with E-state index in [-0.39, 0.29) is 6.04 Å². The topological polar surface area (TPSA) is 70.1 Å². The molecule has 1 aromatic rings. The summed E-state index contributed by atoms with van der Waals surface area (Å²) in [5, 5.41) is 16.5. The van der Waals surface area contributed by atoms with Gasteiger partial charge in [0.1, 0.15) is 5.82 Å². The maximum absolute atomic E-state index is 10.0. The maximum Gasteiger partial charge on any atom is 0.229 e. The summed E-state index contributed by atoms with van der Waals surface area (Å²) < 4.78 is 0.762. The highest BCUT2D eigenvalue weighted by atomic mass is 79.9. The molecule has 1 aliphatic rings. The zero-order chi connectivity index (χ0) is 16.3. The van der Waals surface area contributed by atoms with Crippen molar-refractivity contribution in [1.82, 2.24) is 9.97 Å². The van der Waals surface area contributed by atoms with Gasteiger partial charge in [-0.15, -0.1) is 0 Å². The molecule has 0 spiro atoms. The molecule has 5 nitrogen and oxygen atoms in total. The number of anilines is 2. The summed E-state index contributed by atoms with van der Waals surface area (Å²) >= 11 is 3.44. The second-order valence-electron chi connectivity index (χ2n) is 6.22. The highest BCUT2D eigenvalue weighted by Gasteiger charge is 2.23. The van der Waals surface area contributed by atoms with Gasteiger partial charge in [-0.05, 0) is 62.5 Å². The van der Waals surface area contributed by atoms with E-state index in [2.05, 4.69) is 55.6 Å². The standard InChI is InChI=1S/C16H23BrN4O/c1-10-6-5-7-12(8-10)20-15-18-9-13(17)14(21-15)19-11(2)16(3,4)22/h7-9,11,22H,5-6H2,1-4H3,(H2,18,19,20,21)/t11-/m1/s1. The number of aromatic nitrogens is 2. The number of rotatable bonds is 5. The summed E-state index contributed by atoms with van der Waals surface area (Å²) in [5.41, 5.74) is 1.52. The van der Waals surface area contributed by atoms with Gasteiger partial charge in [0.25, 0.3) is 0 Å². The average Bonchev–Trinajstić information content (AvgIpc) is 2.41. The molecule has 0 fully saturated rings. The molecular weight excluding hydrogens is 344 g/mol. The molecule has 120 valence electrons. The third kappa shape index (κ3) is 4.55. The third-order valence-corrected chi connectivity index (χ3v) is 4.30. The Labute approximate surface area is 140 Å². The Kier molecular flexibility index (Phi) is 5.24. The third-order valence-electron chi connectivity index (χ3n) is 3.72. The molecule has 1 atom stereocenters. The number of nitrogens with one attached hydrogen (secondary N) is 2. The predicted molar refractivity (Wildman–Crippen MR) is 93.8 cm³/mol. The van der Waals surface area contributed by atoms with Crippen molar-refractivity contribution in [1.29, 1.82) is 0 Å². The van der Waals surface area contributed by atoms with Gasteiger partial charge in [0, 0.05) is 11.9 Å². The van der Waals surface area contributed by atoms with E-state index in [1.807, 2.05) is 6.92 Å². The van der Waals surface area contributed by atoms with E-state index in [0.29, 0.717) is 11.8 Å². The zero-order valence-electron chi connectivity index (χ0n) is 13.4. The van der Waals surface area contributed by atoms with Crippen molar-refractivity contribution in [2.24, 2.45) is 0 Å². The van der Waals surface area contributed by atoms with E-state index in [4.69, 9.17) is 0 Å². The molecule has 0 saturated heterocycles. The molecule has 0 saturated carbocycles. The van der Waals surface area contributed by atoms with Crippen LogP contribution in [0.4, 0.5) is 11.8 Å². The van der Waals surface area contributed by atoms with Crippen LogP contribution in [-0.4, -0.2) is 26.7 Å². The van der Waals surface area contributed by atoms with E-state index in [9.17, 15) is 5.11 Å². The summed E-state index contributed by atoms with van der Waals surface area (Å²) in [7, 11) is 0. The Hall–Kier alpha value is -1.40. The second-order valence-corrected chi connectivity index (χ2v) is 7.08. The molecule has 0 aliphatic heterocycles. The fourth-order valence-corrected chi connectivity index (χ4v) is 2.28. The summed E-state index contributed by atoms with van der Waals surface area (Å²) in [6.07, 6.45) is 8.09. The van der Waals surface area contributed by atoms with Gasteiger partial charge < -0.3 is 15.7 Å². The van der Waals surface area contributed by atoms with E-state index in [1.165, 1.54) is 5.57 Å². The van der Waals surface area contributed by atoms with Crippen LogP contribution in [0.2, 0.25) is 0 Å². The lowest BCUT2D eigenvalue weighted by atomic mass is 10.0. The quantitative estimate of drug-likeness (QED) is 0.738. The molecule has 1 aliphatic carbocycles. The van der Waals surface area contributed by atoms with Crippen molar-refractivity contribution in [2.45, 2.75) is 52.2 Å². The number of hydrogen-bond donors (Lipinski definition) is 3. The molecule has 0 bridgehead atoms. The van der Waals surface area contributed by atoms with E-state index in [1.54, 1.807) is 20.0 Å². The molecule has 0 amide bonds. The Morgan fingerprint density at radius 3 is 2.77 bits per heavy atom. The van der Waals surface area contributed by atoms with Gasteiger partial charge in [-0.25, -0.2) is 4.98 Å². The fourth-order valence-electron chi connectivity index (χ4n) is 1.98. The number of halogens is 1. The van der Waals surface area contributed by atoms with Crippen molar-refractivity contribution in [2.75, 3.05) is 10.6 Å². The first-order valence-electron chi connectivity index (χ1n) is 7.41. The highest BCUT2D eigenvalue weighted by molar-refractivity contribution is 9.10. The van der Waals surface area contributed by atoms with Crippen LogP contribution in [0.3, 0.4) is 0 Å². The lowest BCUT2D eigenvalue weighted by Gasteiger charge is -2.27. The van der Waals surface area contributed by atoms with Crippen molar-refractivity contribution >= 4 is 27.7 Å². The zero-order valence-corrected chi connectivity index (χ0v) is 15.0. The van der Waals surface area contributed by atoms with Gasteiger partial charge >= 0.3 is 0 Å². The number of hydrogen-bond acceptors (Lipinski definition) is 5. The highest BCUT2D eigenvalue weighted by Crippen LogP contribution is 2.24. The maximum atomic E-state index is 10.0. The van der Waals surface area contributed by atoms with Gasteiger partial charge in [-0.1, -0.05) is 11.6 Å². The summed E-state index contributed by atoms with van der Waals surface area (Å²) in [4.78, 5) is 8.77. The van der Waals surface area contributed by atoms with Gasteiger partial charge in [0.05, 0.1) is 16.1 Å². The molecule has 1 heterocycles. The normalized spacial score (nSPS) is 16.6. The molecule has 3 N–H and O–H groups in total. The van der Waals surface area contributed by atoms with Crippen LogP contribution in [0, 0.1) is 0 Å². The van der Waals surface area contributed by atoms with Crippen molar-refractivity contribution in [3.8, 4) is 0 Å². The van der Waals surface area contributed by atoms with Gasteiger partial charge in [0.2, 0.25) is 5.95 Å². The molecule has 1 aromatic heterocycles. The minimum Gasteiger partial charge on any atom is -0.388 e. The van der Waals surface area contributed by atoms with Crippen LogP contribution < -0.4 is 10.6 Å². The first-order valence-corrected chi connectivity index (χ1v) is 8.21. The van der Waals surface area contributed by atoms with Crippen molar-refractivity contribution in [3.63, 3.8) is 0 Å². The molecule has 22 heavy (non-hydrogen) atoms. The van der Waals surface area contributed by atoms with Crippen molar-refractivity contribution < 1.29 is 5.11 Å². The van der Waals surface area contributed by atoms with Crippen molar-refractivity contribution in [3.05, 3.63) is 34.1 Å². The summed E-state index contributed by atoms with van der Waals surface area (Å²) in [6, 6.07) is -0.150. The Bertz CT molecular complexity index is 605. The number of nitrogens with zero attached hydrogens (tertiary/aromatic N) is 2. The predicted octanol–water partition coefficient (Wildman–Crippen LogP) is 3.85. The molecule has 2 rings (SSSR count). The number of allylic oxidation sites excluding steroid dienone is 3. The van der Waals surface area contributed by atoms with Gasteiger partial charge in [-0.2, -0.15) is 4.98 Å². The fraction of sp³-hybridized carbons (Fsp3) is 0.500. The summed E-state index contributed by atoms with van der Waals surface area (Å²) in [5.74, 6) is 1.19. The van der Waals surface area contributed by atoms with Gasteiger partial charge in [0.15, 0.2) is 0 Å². The lowest BCUT2D eigenvalue weighted by Crippen LogP contribution is -2.39. The smallest absolute Gasteiger partial charge is 0.229 e. The van der Waals surface area contributed by atoms with Gasteiger partial charge in [-0.3, -0.25) is 0 Å². The molecule has 0 unspecified atom stereocenters. The van der Waals surface area contributed by atoms with Crippen LogP contribution in [0.15, 0.2) is 34.1 Å². The van der Waals surface area contributed by atoms with E-state index < -0.39 is 5.60 Å². The first kappa shape index (κ1) is 17.0. The SMILES string of the molecule is CC1=CC(Nc2ncc(Br)c(N[C@H](C)C(C)(C)O)n2)=CCC1. The largest absolute Gasteiger partial charge is 0.388 e. The minimum atomic E-state index is -0.844. The monoisotopic (exact) mass is 366 g/mol. The Morgan fingerprint density at radius 1 is 1.41 bits per heavy atom. The molecule has 6 heteroatoms. The van der Waals surface area contributed by atoms with Crippen LogP contribution in [0.1, 0.15) is 40.5 Å². The van der Waals surface area contributed by atoms with E-state index in [0.717, 1.165) is 23.0 Å². The van der Waals surface area contributed by atoms with Crippen LogP contribution >= 0.6 is 15.9 Å². The van der Waals surface area contributed by atoms with E-state index >= 15 is 0 Å². The Balaban J connectivity index is 2.15. The number of aliphatic hydroxyl groups is 1. The molecule has 0 radical (unpaired) electrons. The van der Waals surface area contributed by atoms with Crippen LogP contribution in [-0.2, 0) is 0 Å². The van der Waals surface area contributed by atoms with Crippen LogP contribution in [0.5, 0.6) is 0 Å². The average molecular weight is 367 g/mol. The second kappa shape index (κ2) is 6.79. The first-order chi connectivity index (χ1) is 10.3. The Morgan fingerprint density at radius 2 is 2.14 bits per heavy atom.